The van der Waals surface area contributed by atoms with Crippen LogP contribution >= 0.6 is 33.2 Å². The molecule has 0 nitrogen and oxygen atoms in total. The van der Waals surface area contributed by atoms with Gasteiger partial charge < -0.3 is 0 Å². The zero-order valence-corrected chi connectivity index (χ0v) is 10.8. The summed E-state index contributed by atoms with van der Waals surface area (Å²) in [7, 11) is 0. The first kappa shape index (κ1) is 11.2. The summed E-state index contributed by atoms with van der Waals surface area (Å²) < 4.78 is 0. The fraction of sp³-hybridized carbons (Fsp3) is 1.00. The summed E-state index contributed by atoms with van der Waals surface area (Å²) in [5.41, 5.74) is 0.596. The fourth-order valence-electron chi connectivity index (χ4n) is 2.10. The molecule has 1 aliphatic rings. The average Bonchev–Trinajstić information content (AvgIpc) is 1.83. The van der Waals surface area contributed by atoms with Crippen LogP contribution in [-0.2, 0) is 0 Å². The van der Waals surface area contributed by atoms with Crippen molar-refractivity contribution in [1.82, 2.24) is 0 Å². The van der Waals surface area contributed by atoms with E-state index in [2.05, 4.69) is 13.8 Å². The second-order valence-electron chi connectivity index (χ2n) is 4.33. The Bertz CT molecular complexity index is 162. The van der Waals surface area contributed by atoms with Gasteiger partial charge >= 0.3 is 6.00 Å². The smallest absolute Gasteiger partial charge is 0.126 e. The highest BCUT2D eigenvalue weighted by Crippen LogP contribution is 2.53. The predicted octanol–water partition coefficient (Wildman–Crippen LogP) is 4.61. The summed E-state index contributed by atoms with van der Waals surface area (Å²) in [5.74, 6) is 0. The van der Waals surface area contributed by atoms with Crippen LogP contribution in [-0.4, -0.2) is 6.00 Å². The maximum atomic E-state index is 6.07. The van der Waals surface area contributed by atoms with Crippen LogP contribution in [0.5, 0.6) is 0 Å². The summed E-state index contributed by atoms with van der Waals surface area (Å²) in [5, 5.41) is 0. The van der Waals surface area contributed by atoms with Gasteiger partial charge in [-0.2, -0.15) is 0 Å². The third kappa shape index (κ3) is 2.54. The van der Waals surface area contributed by atoms with Crippen LogP contribution in [0.1, 0.15) is 39.5 Å². The quantitative estimate of drug-likeness (QED) is 0.467. The van der Waals surface area contributed by atoms with Gasteiger partial charge in [-0.05, 0) is 23.8 Å². The lowest BCUT2D eigenvalue weighted by Gasteiger charge is -2.41. The first-order valence-electron chi connectivity index (χ1n) is 4.41. The normalized spacial score (nSPS) is 30.2. The fourth-order valence-corrected chi connectivity index (χ4v) is 7.30. The molecule has 0 aliphatic heterocycles. The van der Waals surface area contributed by atoms with Crippen LogP contribution in [0.3, 0.4) is 0 Å². The molecule has 1 saturated carbocycles. The Morgan fingerprint density at radius 2 is 1.75 bits per heavy atom. The molecule has 0 aromatic carbocycles. The van der Waals surface area contributed by atoms with Gasteiger partial charge in [0.1, 0.15) is 0 Å². The topological polar surface area (TPSA) is 0 Å². The van der Waals surface area contributed by atoms with Crippen molar-refractivity contribution in [3.8, 4) is 0 Å². The lowest BCUT2D eigenvalue weighted by atomic mass is 9.77. The molecule has 1 unspecified atom stereocenters. The zero-order valence-electron chi connectivity index (χ0n) is 7.54. The van der Waals surface area contributed by atoms with Gasteiger partial charge in [0.2, 0.25) is 0 Å². The molecule has 0 aromatic rings. The Balaban J connectivity index is 2.73. The molecule has 0 aromatic heterocycles. The molecule has 0 radical (unpaired) electrons. The van der Waals surface area contributed by atoms with Gasteiger partial charge in [0.05, 0.1) is 0 Å². The van der Waals surface area contributed by atoms with Gasteiger partial charge in [0.25, 0.3) is 0 Å². The molecule has 1 atom stereocenters. The van der Waals surface area contributed by atoms with Crippen LogP contribution in [0, 0.1) is 5.41 Å². The van der Waals surface area contributed by atoms with E-state index in [1.54, 1.807) is 0 Å². The SMILES string of the molecule is CC1(C)CCCCC1[Si](Cl)(Cl)Cl. The van der Waals surface area contributed by atoms with E-state index in [0.29, 0.717) is 5.54 Å². The van der Waals surface area contributed by atoms with Crippen molar-refractivity contribution in [3.05, 3.63) is 0 Å². The number of halogens is 3. The number of hydrogen-bond acceptors (Lipinski definition) is 0. The van der Waals surface area contributed by atoms with Crippen LogP contribution in [0.25, 0.3) is 0 Å². The largest absolute Gasteiger partial charge is 0.344 e. The van der Waals surface area contributed by atoms with Crippen LogP contribution in [0.4, 0.5) is 0 Å². The summed E-state index contributed by atoms with van der Waals surface area (Å²) in [6.45, 7) is 4.46. The highest BCUT2D eigenvalue weighted by Gasteiger charge is 2.46. The van der Waals surface area contributed by atoms with Crippen LogP contribution in [0.15, 0.2) is 0 Å². The summed E-state index contributed by atoms with van der Waals surface area (Å²) in [4.78, 5) is 0. The van der Waals surface area contributed by atoms with Crippen molar-refractivity contribution in [2.45, 2.75) is 45.1 Å². The van der Waals surface area contributed by atoms with Gasteiger partial charge in [0.15, 0.2) is 0 Å². The zero-order chi connectivity index (χ0) is 9.41. The van der Waals surface area contributed by atoms with Gasteiger partial charge in [-0.15, -0.1) is 33.2 Å². The van der Waals surface area contributed by atoms with Crippen molar-refractivity contribution in [2.24, 2.45) is 5.41 Å². The third-order valence-corrected chi connectivity index (χ3v) is 7.13. The van der Waals surface area contributed by atoms with Crippen molar-refractivity contribution in [3.63, 3.8) is 0 Å². The molecular weight excluding hydrogens is 231 g/mol. The Morgan fingerprint density at radius 1 is 1.17 bits per heavy atom. The van der Waals surface area contributed by atoms with E-state index in [1.165, 1.54) is 19.3 Å². The standard InChI is InChI=1S/C8H15Cl3Si/c1-8(2)6-4-3-5-7(8)12(9,10)11/h7H,3-6H2,1-2H3. The summed E-state index contributed by atoms with van der Waals surface area (Å²) >= 11 is 18.2. The van der Waals surface area contributed by atoms with Gasteiger partial charge in [-0.25, -0.2) is 0 Å². The highest BCUT2D eigenvalue weighted by molar-refractivity contribution is 7.65. The van der Waals surface area contributed by atoms with Gasteiger partial charge in [-0.1, -0.05) is 26.7 Å². The van der Waals surface area contributed by atoms with E-state index in [0.717, 1.165) is 6.42 Å². The predicted molar refractivity (Wildman–Crippen MR) is 59.3 cm³/mol. The maximum Gasteiger partial charge on any atom is 0.344 e. The average molecular weight is 246 g/mol. The van der Waals surface area contributed by atoms with E-state index < -0.39 is 6.00 Å². The Morgan fingerprint density at radius 3 is 2.08 bits per heavy atom. The Hall–Kier alpha value is 1.09. The third-order valence-electron chi connectivity index (χ3n) is 2.90. The lowest BCUT2D eigenvalue weighted by Crippen LogP contribution is -2.35. The van der Waals surface area contributed by atoms with Crippen molar-refractivity contribution in [1.29, 1.82) is 0 Å². The van der Waals surface area contributed by atoms with E-state index in [9.17, 15) is 0 Å². The maximum absolute atomic E-state index is 6.07. The second-order valence-corrected chi connectivity index (χ2v) is 13.2. The molecule has 72 valence electrons. The van der Waals surface area contributed by atoms with Gasteiger partial charge in [-0.3, -0.25) is 0 Å². The van der Waals surface area contributed by atoms with Gasteiger partial charge in [0, 0.05) is 0 Å². The molecule has 4 heteroatoms. The van der Waals surface area contributed by atoms with Crippen molar-refractivity contribution >= 4 is 39.2 Å². The van der Waals surface area contributed by atoms with Crippen LogP contribution < -0.4 is 0 Å². The van der Waals surface area contributed by atoms with Crippen LogP contribution in [0.2, 0.25) is 5.54 Å². The summed E-state index contributed by atoms with van der Waals surface area (Å²) in [6, 6.07) is -2.48. The molecule has 1 rings (SSSR count). The Labute approximate surface area is 89.7 Å². The number of hydrogen-bond donors (Lipinski definition) is 0. The number of rotatable bonds is 1. The molecule has 12 heavy (non-hydrogen) atoms. The molecule has 0 heterocycles. The Kier molecular flexibility index (Phi) is 3.43. The van der Waals surface area contributed by atoms with E-state index in [4.69, 9.17) is 33.2 Å². The minimum Gasteiger partial charge on any atom is -0.126 e. The molecule has 1 fully saturated rings. The summed E-state index contributed by atoms with van der Waals surface area (Å²) in [6.07, 6.45) is 4.84. The minimum absolute atomic E-state index is 0.246. The van der Waals surface area contributed by atoms with E-state index >= 15 is 0 Å². The molecule has 0 amide bonds. The molecule has 0 saturated heterocycles. The minimum atomic E-state index is -2.48. The van der Waals surface area contributed by atoms with Crippen molar-refractivity contribution < 1.29 is 0 Å². The second kappa shape index (κ2) is 3.68. The molecule has 0 bridgehead atoms. The van der Waals surface area contributed by atoms with Crippen molar-refractivity contribution in [2.75, 3.05) is 0 Å². The first-order valence-corrected chi connectivity index (χ1v) is 9.52. The highest BCUT2D eigenvalue weighted by atomic mass is 35.8. The molecular formula is C8H15Cl3Si. The lowest BCUT2D eigenvalue weighted by molar-refractivity contribution is 0.243. The molecule has 0 spiro atoms. The first-order chi connectivity index (χ1) is 5.34. The molecule has 0 N–H and O–H groups in total. The van der Waals surface area contributed by atoms with E-state index in [1.807, 2.05) is 0 Å². The molecule has 1 aliphatic carbocycles. The monoisotopic (exact) mass is 244 g/mol. The van der Waals surface area contributed by atoms with E-state index in [-0.39, 0.29) is 5.41 Å².